The van der Waals surface area contributed by atoms with Crippen LogP contribution >= 0.6 is 0 Å². The molecule has 2 nitrogen and oxygen atoms in total. The summed E-state index contributed by atoms with van der Waals surface area (Å²) in [5, 5.41) is 0.614. The molecule has 17 heavy (non-hydrogen) atoms. The van der Waals surface area contributed by atoms with E-state index < -0.39 is 11.9 Å². The van der Waals surface area contributed by atoms with Crippen molar-refractivity contribution in [3.05, 3.63) is 35.0 Å². The van der Waals surface area contributed by atoms with Crippen molar-refractivity contribution < 1.29 is 13.2 Å². The van der Waals surface area contributed by atoms with E-state index in [9.17, 15) is 13.2 Å². The van der Waals surface area contributed by atoms with Crippen molar-refractivity contribution in [2.45, 2.75) is 19.5 Å². The zero-order chi connectivity index (χ0) is 12.6. The highest BCUT2D eigenvalue weighted by Gasteiger charge is 2.35. The highest BCUT2D eigenvalue weighted by molar-refractivity contribution is 5.85. The quantitative estimate of drug-likeness (QED) is 0.835. The number of aryl methyl sites for hydroxylation is 1. The maximum absolute atomic E-state index is 12.8. The first kappa shape index (κ1) is 12.0. The number of halogens is 3. The number of aromatic amines is 1. The molecule has 0 unspecified atom stereocenters. The van der Waals surface area contributed by atoms with Crippen LogP contribution in [0.2, 0.25) is 0 Å². The van der Waals surface area contributed by atoms with Gasteiger partial charge in [-0.3, -0.25) is 0 Å². The van der Waals surface area contributed by atoms with E-state index >= 15 is 0 Å². The third kappa shape index (κ3) is 2.15. The SMILES string of the molecule is Cc1ccc2[nH]c(C(F)(F)F)c(CCN)c2c1. The molecule has 1 aromatic heterocycles. The van der Waals surface area contributed by atoms with Crippen LogP contribution < -0.4 is 5.73 Å². The van der Waals surface area contributed by atoms with E-state index in [1.54, 1.807) is 18.2 Å². The highest BCUT2D eigenvalue weighted by atomic mass is 19.4. The summed E-state index contributed by atoms with van der Waals surface area (Å²) in [4.78, 5) is 2.44. The van der Waals surface area contributed by atoms with Crippen LogP contribution in [-0.4, -0.2) is 11.5 Å². The van der Waals surface area contributed by atoms with E-state index in [0.717, 1.165) is 5.56 Å². The van der Waals surface area contributed by atoms with Crippen molar-refractivity contribution in [2.24, 2.45) is 5.73 Å². The molecule has 3 N–H and O–H groups in total. The van der Waals surface area contributed by atoms with Gasteiger partial charge < -0.3 is 10.7 Å². The lowest BCUT2D eigenvalue weighted by Crippen LogP contribution is -2.11. The molecule has 0 atom stereocenters. The van der Waals surface area contributed by atoms with Crippen LogP contribution in [0.1, 0.15) is 16.8 Å². The van der Waals surface area contributed by atoms with Crippen molar-refractivity contribution in [3.63, 3.8) is 0 Å². The molecule has 0 fully saturated rings. The summed E-state index contributed by atoms with van der Waals surface area (Å²) in [5.74, 6) is 0. The van der Waals surface area contributed by atoms with Crippen LogP contribution in [0.4, 0.5) is 13.2 Å². The lowest BCUT2D eigenvalue weighted by molar-refractivity contribution is -0.141. The summed E-state index contributed by atoms with van der Waals surface area (Å²) in [6, 6.07) is 5.21. The van der Waals surface area contributed by atoms with Gasteiger partial charge in [-0.15, -0.1) is 0 Å². The number of rotatable bonds is 2. The second-order valence-electron chi connectivity index (χ2n) is 4.06. The van der Waals surface area contributed by atoms with Crippen LogP contribution in [0.15, 0.2) is 18.2 Å². The Kier molecular flexibility index (Phi) is 2.87. The van der Waals surface area contributed by atoms with E-state index in [1.165, 1.54) is 0 Å². The minimum atomic E-state index is -4.36. The van der Waals surface area contributed by atoms with Crippen molar-refractivity contribution in [2.75, 3.05) is 6.54 Å². The van der Waals surface area contributed by atoms with Crippen molar-refractivity contribution >= 4 is 10.9 Å². The van der Waals surface area contributed by atoms with Gasteiger partial charge in [0.15, 0.2) is 0 Å². The van der Waals surface area contributed by atoms with Gasteiger partial charge in [0.2, 0.25) is 0 Å². The Hall–Kier alpha value is -1.49. The molecule has 0 aliphatic rings. The molecule has 0 spiro atoms. The summed E-state index contributed by atoms with van der Waals surface area (Å²) in [6.45, 7) is 2.05. The van der Waals surface area contributed by atoms with Gasteiger partial charge in [0.05, 0.1) is 0 Å². The molecule has 0 amide bonds. The molecule has 5 heteroatoms. The standard InChI is InChI=1S/C12H13F3N2/c1-7-2-3-10-9(6-7)8(4-5-16)11(17-10)12(13,14)15/h2-3,6,17H,4-5,16H2,1H3. The molecule has 1 aromatic carbocycles. The second kappa shape index (κ2) is 4.07. The van der Waals surface area contributed by atoms with Gasteiger partial charge in [0, 0.05) is 10.9 Å². The highest BCUT2D eigenvalue weighted by Crippen LogP contribution is 2.35. The number of nitrogens with one attached hydrogen (secondary N) is 1. The fourth-order valence-corrected chi connectivity index (χ4v) is 2.01. The van der Waals surface area contributed by atoms with Crippen LogP contribution in [0, 0.1) is 6.92 Å². The fourth-order valence-electron chi connectivity index (χ4n) is 2.01. The van der Waals surface area contributed by atoms with Gasteiger partial charge in [0.1, 0.15) is 5.69 Å². The normalized spacial score (nSPS) is 12.3. The van der Waals surface area contributed by atoms with Gasteiger partial charge in [-0.05, 0) is 37.6 Å². The Balaban J connectivity index is 2.71. The van der Waals surface area contributed by atoms with Crippen LogP contribution in [0.3, 0.4) is 0 Å². The maximum atomic E-state index is 12.8. The largest absolute Gasteiger partial charge is 0.431 e. The predicted molar refractivity (Wildman–Crippen MR) is 60.8 cm³/mol. The number of fused-ring (bicyclic) bond motifs is 1. The van der Waals surface area contributed by atoms with Gasteiger partial charge in [-0.1, -0.05) is 11.6 Å². The first-order chi connectivity index (χ1) is 7.93. The van der Waals surface area contributed by atoms with E-state index in [2.05, 4.69) is 4.98 Å². The number of benzene rings is 1. The summed E-state index contributed by atoms with van der Waals surface area (Å²) in [6.07, 6.45) is -4.14. The number of nitrogens with two attached hydrogens (primary N) is 1. The number of aromatic nitrogens is 1. The minimum Gasteiger partial charge on any atom is -0.351 e. The van der Waals surface area contributed by atoms with Gasteiger partial charge in [-0.25, -0.2) is 0 Å². The lowest BCUT2D eigenvalue weighted by atomic mass is 10.1. The first-order valence-corrected chi connectivity index (χ1v) is 5.32. The Morgan fingerprint density at radius 3 is 2.59 bits per heavy atom. The molecule has 1 heterocycles. The van der Waals surface area contributed by atoms with E-state index in [4.69, 9.17) is 5.73 Å². The second-order valence-corrected chi connectivity index (χ2v) is 4.06. The van der Waals surface area contributed by atoms with Crippen LogP contribution in [0.25, 0.3) is 10.9 Å². The molecular weight excluding hydrogens is 229 g/mol. The average Bonchev–Trinajstić information content (AvgIpc) is 2.57. The molecular formula is C12H13F3N2. The third-order valence-electron chi connectivity index (χ3n) is 2.74. The van der Waals surface area contributed by atoms with E-state index in [-0.39, 0.29) is 18.5 Å². The van der Waals surface area contributed by atoms with Crippen LogP contribution in [0.5, 0.6) is 0 Å². The van der Waals surface area contributed by atoms with E-state index in [1.807, 2.05) is 6.92 Å². The Bertz CT molecular complexity index is 540. The Morgan fingerprint density at radius 1 is 1.29 bits per heavy atom. The van der Waals surface area contributed by atoms with Gasteiger partial charge in [0.25, 0.3) is 0 Å². The van der Waals surface area contributed by atoms with Gasteiger partial charge >= 0.3 is 6.18 Å². The molecule has 0 saturated heterocycles. The van der Waals surface area contributed by atoms with Crippen LogP contribution in [-0.2, 0) is 12.6 Å². The third-order valence-corrected chi connectivity index (χ3v) is 2.74. The Labute approximate surface area is 96.6 Å². The molecule has 0 saturated carbocycles. The molecule has 2 rings (SSSR count). The minimum absolute atomic E-state index is 0.198. The molecule has 0 radical (unpaired) electrons. The smallest absolute Gasteiger partial charge is 0.351 e. The van der Waals surface area contributed by atoms with Crippen molar-refractivity contribution in [1.82, 2.24) is 4.98 Å². The molecule has 2 aromatic rings. The molecule has 0 bridgehead atoms. The zero-order valence-electron chi connectivity index (χ0n) is 9.36. The van der Waals surface area contributed by atoms with E-state index in [0.29, 0.717) is 10.9 Å². The number of hydrogen-bond acceptors (Lipinski definition) is 1. The topological polar surface area (TPSA) is 41.8 Å². The first-order valence-electron chi connectivity index (χ1n) is 5.32. The number of H-pyrrole nitrogens is 1. The molecule has 92 valence electrons. The van der Waals surface area contributed by atoms with Crippen molar-refractivity contribution in [1.29, 1.82) is 0 Å². The number of hydrogen-bond donors (Lipinski definition) is 2. The maximum Gasteiger partial charge on any atom is 0.431 e. The summed E-state index contributed by atoms with van der Waals surface area (Å²) in [5.41, 5.74) is 6.40. The summed E-state index contributed by atoms with van der Waals surface area (Å²) in [7, 11) is 0. The molecule has 0 aliphatic carbocycles. The Morgan fingerprint density at radius 2 is 2.00 bits per heavy atom. The monoisotopic (exact) mass is 242 g/mol. The summed E-state index contributed by atoms with van der Waals surface area (Å²) >= 11 is 0. The lowest BCUT2D eigenvalue weighted by Gasteiger charge is -2.07. The van der Waals surface area contributed by atoms with Gasteiger partial charge in [-0.2, -0.15) is 13.2 Å². The van der Waals surface area contributed by atoms with Crippen molar-refractivity contribution in [3.8, 4) is 0 Å². The zero-order valence-corrected chi connectivity index (χ0v) is 9.36. The predicted octanol–water partition coefficient (Wildman–Crippen LogP) is 3.00. The number of alkyl halides is 3. The summed E-state index contributed by atoms with van der Waals surface area (Å²) < 4.78 is 38.5. The fraction of sp³-hybridized carbons (Fsp3) is 0.333. The average molecular weight is 242 g/mol. The molecule has 0 aliphatic heterocycles.